The fraction of sp³-hybridized carbons (Fsp3) is 0.500. The molecule has 3 aliphatic rings. The third-order valence-electron chi connectivity index (χ3n) is 5.72. The van der Waals surface area contributed by atoms with Crippen LogP contribution in [0.1, 0.15) is 72.1 Å². The van der Waals surface area contributed by atoms with Crippen LogP contribution in [0.25, 0.3) is 0 Å². The quantitative estimate of drug-likeness (QED) is 0.789. The first-order chi connectivity index (χ1) is 10.8. The van der Waals surface area contributed by atoms with Gasteiger partial charge in [-0.05, 0) is 37.5 Å². The molecule has 0 aromatic heterocycles. The average molecular weight is 294 g/mol. The number of allylic oxidation sites excluding steroid dienone is 2. The van der Waals surface area contributed by atoms with E-state index in [2.05, 4.69) is 0 Å². The SMILES string of the molecule is O=C1C(C2CCCC2)=C(C2CCCC2)C(=O)c2ccccc21. The summed E-state index contributed by atoms with van der Waals surface area (Å²) in [5, 5.41) is 0. The molecule has 0 spiro atoms. The molecule has 3 aliphatic carbocycles. The Hall–Kier alpha value is -1.70. The molecule has 2 saturated carbocycles. The van der Waals surface area contributed by atoms with Gasteiger partial charge in [0.25, 0.3) is 0 Å². The summed E-state index contributed by atoms with van der Waals surface area (Å²) in [7, 11) is 0. The van der Waals surface area contributed by atoms with Crippen molar-refractivity contribution in [3.05, 3.63) is 46.5 Å². The molecular weight excluding hydrogens is 272 g/mol. The highest BCUT2D eigenvalue weighted by Crippen LogP contribution is 2.44. The molecule has 0 unspecified atom stereocenters. The van der Waals surface area contributed by atoms with Gasteiger partial charge in [-0.2, -0.15) is 0 Å². The van der Waals surface area contributed by atoms with Crippen molar-refractivity contribution in [3.8, 4) is 0 Å². The number of hydrogen-bond donors (Lipinski definition) is 0. The fourth-order valence-corrected chi connectivity index (χ4v) is 4.65. The molecule has 22 heavy (non-hydrogen) atoms. The summed E-state index contributed by atoms with van der Waals surface area (Å²) in [6.45, 7) is 0. The van der Waals surface area contributed by atoms with Crippen LogP contribution in [-0.2, 0) is 0 Å². The van der Waals surface area contributed by atoms with Gasteiger partial charge in [0, 0.05) is 22.3 Å². The van der Waals surface area contributed by atoms with Crippen molar-refractivity contribution in [2.75, 3.05) is 0 Å². The van der Waals surface area contributed by atoms with Crippen LogP contribution >= 0.6 is 0 Å². The summed E-state index contributed by atoms with van der Waals surface area (Å²) in [5.41, 5.74) is 3.06. The van der Waals surface area contributed by atoms with E-state index in [-0.39, 0.29) is 11.6 Å². The molecule has 0 amide bonds. The van der Waals surface area contributed by atoms with Crippen molar-refractivity contribution < 1.29 is 9.59 Å². The van der Waals surface area contributed by atoms with E-state index in [1.165, 1.54) is 25.7 Å². The molecule has 2 nitrogen and oxygen atoms in total. The van der Waals surface area contributed by atoms with Crippen LogP contribution < -0.4 is 0 Å². The van der Waals surface area contributed by atoms with Gasteiger partial charge in [-0.3, -0.25) is 9.59 Å². The number of hydrogen-bond acceptors (Lipinski definition) is 2. The maximum atomic E-state index is 13.1. The van der Waals surface area contributed by atoms with Crippen LogP contribution in [0.5, 0.6) is 0 Å². The van der Waals surface area contributed by atoms with E-state index in [4.69, 9.17) is 0 Å². The highest BCUT2D eigenvalue weighted by atomic mass is 16.1. The summed E-state index contributed by atoms with van der Waals surface area (Å²) in [4.78, 5) is 26.2. The molecule has 0 bridgehead atoms. The van der Waals surface area contributed by atoms with Crippen molar-refractivity contribution in [1.29, 1.82) is 0 Å². The monoisotopic (exact) mass is 294 g/mol. The van der Waals surface area contributed by atoms with Crippen molar-refractivity contribution in [1.82, 2.24) is 0 Å². The molecular formula is C20H22O2. The van der Waals surface area contributed by atoms with E-state index in [9.17, 15) is 9.59 Å². The number of benzene rings is 1. The van der Waals surface area contributed by atoms with Gasteiger partial charge in [0.1, 0.15) is 0 Å². The first kappa shape index (κ1) is 13.9. The summed E-state index contributed by atoms with van der Waals surface area (Å²) in [6, 6.07) is 7.40. The van der Waals surface area contributed by atoms with Gasteiger partial charge in [-0.1, -0.05) is 49.9 Å². The van der Waals surface area contributed by atoms with E-state index in [0.29, 0.717) is 23.0 Å². The highest BCUT2D eigenvalue weighted by Gasteiger charge is 2.39. The second-order valence-electron chi connectivity index (χ2n) is 6.99. The van der Waals surface area contributed by atoms with E-state index in [1.54, 1.807) is 0 Å². The zero-order valence-electron chi connectivity index (χ0n) is 12.9. The van der Waals surface area contributed by atoms with Gasteiger partial charge in [0.05, 0.1) is 0 Å². The normalized spacial score (nSPS) is 23.5. The zero-order chi connectivity index (χ0) is 15.1. The molecule has 1 aromatic carbocycles. The summed E-state index contributed by atoms with van der Waals surface area (Å²) < 4.78 is 0. The largest absolute Gasteiger partial charge is 0.289 e. The second kappa shape index (κ2) is 5.49. The predicted molar refractivity (Wildman–Crippen MR) is 86.0 cm³/mol. The zero-order valence-corrected chi connectivity index (χ0v) is 12.9. The molecule has 0 atom stereocenters. The lowest BCUT2D eigenvalue weighted by atomic mass is 9.74. The minimum absolute atomic E-state index is 0.143. The highest BCUT2D eigenvalue weighted by molar-refractivity contribution is 6.27. The topological polar surface area (TPSA) is 34.1 Å². The van der Waals surface area contributed by atoms with Gasteiger partial charge < -0.3 is 0 Å². The number of fused-ring (bicyclic) bond motifs is 1. The number of carbonyl (C=O) groups excluding carboxylic acids is 2. The molecule has 0 heterocycles. The molecule has 114 valence electrons. The maximum absolute atomic E-state index is 13.1. The molecule has 4 rings (SSSR count). The van der Waals surface area contributed by atoms with Crippen molar-refractivity contribution in [2.45, 2.75) is 51.4 Å². The summed E-state index contributed by atoms with van der Waals surface area (Å²) >= 11 is 0. The van der Waals surface area contributed by atoms with E-state index in [1.807, 2.05) is 24.3 Å². The molecule has 0 radical (unpaired) electrons. The van der Waals surface area contributed by atoms with Crippen LogP contribution in [0.4, 0.5) is 0 Å². The Labute approximate surface area is 131 Å². The Kier molecular flexibility index (Phi) is 3.48. The molecule has 0 saturated heterocycles. The van der Waals surface area contributed by atoms with Crippen LogP contribution in [-0.4, -0.2) is 11.6 Å². The minimum atomic E-state index is 0.143. The van der Waals surface area contributed by atoms with E-state index >= 15 is 0 Å². The van der Waals surface area contributed by atoms with Gasteiger partial charge in [-0.25, -0.2) is 0 Å². The molecule has 0 aliphatic heterocycles. The maximum Gasteiger partial charge on any atom is 0.190 e. The average Bonchev–Trinajstić information content (AvgIpc) is 3.23. The van der Waals surface area contributed by atoms with E-state index < -0.39 is 0 Å². The van der Waals surface area contributed by atoms with Gasteiger partial charge in [0.15, 0.2) is 11.6 Å². The Balaban J connectivity index is 1.87. The van der Waals surface area contributed by atoms with Gasteiger partial charge in [-0.15, -0.1) is 0 Å². The molecule has 0 N–H and O–H groups in total. The third-order valence-corrected chi connectivity index (χ3v) is 5.72. The van der Waals surface area contributed by atoms with Crippen LogP contribution in [0, 0.1) is 11.8 Å². The summed E-state index contributed by atoms with van der Waals surface area (Å²) in [5.74, 6) is 0.925. The fourth-order valence-electron chi connectivity index (χ4n) is 4.65. The van der Waals surface area contributed by atoms with Crippen molar-refractivity contribution >= 4 is 11.6 Å². The lowest BCUT2D eigenvalue weighted by molar-refractivity contribution is 0.0955. The van der Waals surface area contributed by atoms with Gasteiger partial charge >= 0.3 is 0 Å². The Bertz CT molecular complexity index is 599. The van der Waals surface area contributed by atoms with Crippen LogP contribution in [0.3, 0.4) is 0 Å². The first-order valence-corrected chi connectivity index (χ1v) is 8.70. The molecule has 2 fully saturated rings. The minimum Gasteiger partial charge on any atom is -0.289 e. The Morgan fingerprint density at radius 1 is 0.636 bits per heavy atom. The summed E-state index contributed by atoms with van der Waals surface area (Å²) in [6.07, 6.45) is 9.06. The number of Topliss-reactive ketones (excluding diaryl/α,β-unsaturated/α-hetero) is 2. The van der Waals surface area contributed by atoms with Crippen LogP contribution in [0.15, 0.2) is 35.4 Å². The smallest absolute Gasteiger partial charge is 0.190 e. The van der Waals surface area contributed by atoms with Crippen molar-refractivity contribution in [3.63, 3.8) is 0 Å². The number of rotatable bonds is 2. The van der Waals surface area contributed by atoms with Crippen LogP contribution in [0.2, 0.25) is 0 Å². The standard InChI is InChI=1S/C20H22O2/c21-19-15-11-5-6-12-16(15)20(22)18(14-9-3-4-10-14)17(19)13-7-1-2-8-13/h5-6,11-14H,1-4,7-10H2. The Morgan fingerprint density at radius 3 is 1.36 bits per heavy atom. The second-order valence-corrected chi connectivity index (χ2v) is 6.99. The molecule has 2 heteroatoms. The Morgan fingerprint density at radius 2 is 1.00 bits per heavy atom. The predicted octanol–water partition coefficient (Wildman–Crippen LogP) is 4.74. The third kappa shape index (κ3) is 2.08. The number of ketones is 2. The molecule has 1 aromatic rings. The van der Waals surface area contributed by atoms with Gasteiger partial charge in [0.2, 0.25) is 0 Å². The first-order valence-electron chi connectivity index (χ1n) is 8.70. The van der Waals surface area contributed by atoms with E-state index in [0.717, 1.165) is 36.8 Å². The lowest BCUT2D eigenvalue weighted by Crippen LogP contribution is -2.28. The van der Waals surface area contributed by atoms with Crippen molar-refractivity contribution in [2.24, 2.45) is 11.8 Å². The number of carbonyl (C=O) groups is 2. The lowest BCUT2D eigenvalue weighted by Gasteiger charge is -2.27.